The van der Waals surface area contributed by atoms with E-state index >= 15 is 0 Å². The van der Waals surface area contributed by atoms with Gasteiger partial charge in [0.15, 0.2) is 0 Å². The second kappa shape index (κ2) is 5.28. The predicted octanol–water partition coefficient (Wildman–Crippen LogP) is 0.459. The first-order chi connectivity index (χ1) is 9.26. The highest BCUT2D eigenvalue weighted by Gasteiger charge is 2.41. The van der Waals surface area contributed by atoms with Crippen LogP contribution in [0.2, 0.25) is 0 Å². The van der Waals surface area contributed by atoms with Crippen molar-refractivity contribution >= 4 is 5.91 Å². The van der Waals surface area contributed by atoms with E-state index in [-0.39, 0.29) is 5.91 Å². The van der Waals surface area contributed by atoms with Crippen molar-refractivity contribution in [2.75, 3.05) is 6.54 Å². The third-order valence-electron chi connectivity index (χ3n) is 4.34. The van der Waals surface area contributed by atoms with Crippen molar-refractivity contribution in [3.63, 3.8) is 0 Å². The summed E-state index contributed by atoms with van der Waals surface area (Å²) in [7, 11) is 0. The Morgan fingerprint density at radius 2 is 2.42 bits per heavy atom. The second-order valence-electron chi connectivity index (χ2n) is 5.73. The van der Waals surface area contributed by atoms with Gasteiger partial charge in [-0.2, -0.15) is 5.10 Å². The molecule has 1 amide bonds. The van der Waals surface area contributed by atoms with Crippen LogP contribution in [0.1, 0.15) is 38.5 Å². The normalized spacial score (nSPS) is 24.9. The van der Waals surface area contributed by atoms with Crippen molar-refractivity contribution in [2.24, 2.45) is 0 Å². The van der Waals surface area contributed by atoms with Crippen molar-refractivity contribution in [3.8, 4) is 0 Å². The van der Waals surface area contributed by atoms with Crippen LogP contribution < -0.4 is 10.6 Å². The van der Waals surface area contributed by atoms with Crippen molar-refractivity contribution in [3.05, 3.63) is 12.7 Å². The molecule has 1 aromatic heterocycles. The Hall–Kier alpha value is -1.43. The Morgan fingerprint density at radius 3 is 3.11 bits per heavy atom. The number of aryl methyl sites for hydroxylation is 1. The molecule has 0 bridgehead atoms. The molecule has 1 saturated carbocycles. The summed E-state index contributed by atoms with van der Waals surface area (Å²) in [5.74, 6) is 0.122. The van der Waals surface area contributed by atoms with Crippen LogP contribution in [0, 0.1) is 0 Å². The van der Waals surface area contributed by atoms with Gasteiger partial charge in [0.2, 0.25) is 5.91 Å². The molecule has 2 N–H and O–H groups in total. The Labute approximate surface area is 113 Å². The highest BCUT2D eigenvalue weighted by atomic mass is 16.1. The molecule has 1 atom stereocenters. The van der Waals surface area contributed by atoms with E-state index in [4.69, 9.17) is 0 Å². The maximum absolute atomic E-state index is 11.9. The molecule has 6 heteroatoms. The van der Waals surface area contributed by atoms with Gasteiger partial charge >= 0.3 is 0 Å². The quantitative estimate of drug-likeness (QED) is 0.828. The zero-order valence-corrected chi connectivity index (χ0v) is 11.1. The van der Waals surface area contributed by atoms with Gasteiger partial charge in [0.05, 0.1) is 6.54 Å². The Balaban J connectivity index is 1.44. The summed E-state index contributed by atoms with van der Waals surface area (Å²) in [6.45, 7) is 1.62. The van der Waals surface area contributed by atoms with Crippen molar-refractivity contribution < 1.29 is 4.79 Å². The molecule has 6 nitrogen and oxygen atoms in total. The molecule has 1 saturated heterocycles. The third-order valence-corrected chi connectivity index (χ3v) is 4.34. The summed E-state index contributed by atoms with van der Waals surface area (Å²) in [6.07, 6.45) is 9.57. The standard InChI is InChI=1S/C13H21N5O/c19-12(3-7-18-10-14-9-16-18)17-11-2-6-15-13(8-11)4-1-5-13/h9-11,15H,1-8H2,(H,17,19). The lowest BCUT2D eigenvalue weighted by atomic mass is 9.70. The number of piperidine rings is 1. The first-order valence-electron chi connectivity index (χ1n) is 7.13. The minimum Gasteiger partial charge on any atom is -0.353 e. The van der Waals surface area contributed by atoms with Crippen LogP contribution in [0.25, 0.3) is 0 Å². The lowest BCUT2D eigenvalue weighted by Gasteiger charge is -2.48. The van der Waals surface area contributed by atoms with Crippen LogP contribution in [0.5, 0.6) is 0 Å². The van der Waals surface area contributed by atoms with Gasteiger partial charge in [-0.15, -0.1) is 0 Å². The van der Waals surface area contributed by atoms with E-state index in [1.165, 1.54) is 25.6 Å². The third kappa shape index (κ3) is 2.94. The first kappa shape index (κ1) is 12.6. The van der Waals surface area contributed by atoms with E-state index in [2.05, 4.69) is 20.7 Å². The highest BCUT2D eigenvalue weighted by molar-refractivity contribution is 5.76. The molecule has 104 valence electrons. The summed E-state index contributed by atoms with van der Waals surface area (Å²) < 4.78 is 1.69. The maximum Gasteiger partial charge on any atom is 0.222 e. The van der Waals surface area contributed by atoms with E-state index in [0.717, 1.165) is 19.4 Å². The van der Waals surface area contributed by atoms with Gasteiger partial charge in [-0.3, -0.25) is 9.48 Å². The minimum atomic E-state index is 0.122. The largest absolute Gasteiger partial charge is 0.353 e. The van der Waals surface area contributed by atoms with Gasteiger partial charge in [0.25, 0.3) is 0 Å². The molecular formula is C13H21N5O. The van der Waals surface area contributed by atoms with Crippen molar-refractivity contribution in [1.29, 1.82) is 0 Å². The fourth-order valence-electron chi connectivity index (χ4n) is 3.13. The number of nitrogens with zero attached hydrogens (tertiary/aromatic N) is 3. The van der Waals surface area contributed by atoms with Gasteiger partial charge in [-0.05, 0) is 38.6 Å². The monoisotopic (exact) mass is 263 g/mol. The molecular weight excluding hydrogens is 242 g/mol. The number of hydrogen-bond donors (Lipinski definition) is 2. The number of amides is 1. The van der Waals surface area contributed by atoms with Crippen LogP contribution in [0.3, 0.4) is 0 Å². The predicted molar refractivity (Wildman–Crippen MR) is 70.4 cm³/mol. The average molecular weight is 263 g/mol. The second-order valence-corrected chi connectivity index (χ2v) is 5.73. The topological polar surface area (TPSA) is 71.8 Å². The van der Waals surface area contributed by atoms with E-state index in [1.807, 2.05) is 0 Å². The maximum atomic E-state index is 11.9. The molecule has 2 aliphatic rings. The lowest BCUT2D eigenvalue weighted by Crippen LogP contribution is -2.59. The molecule has 1 spiro atoms. The fourth-order valence-corrected chi connectivity index (χ4v) is 3.13. The summed E-state index contributed by atoms with van der Waals surface area (Å²) in [5.41, 5.74) is 0.335. The molecule has 1 aliphatic carbocycles. The zero-order valence-electron chi connectivity index (χ0n) is 11.1. The molecule has 19 heavy (non-hydrogen) atoms. The highest BCUT2D eigenvalue weighted by Crippen LogP contribution is 2.38. The average Bonchev–Trinajstić information content (AvgIpc) is 2.88. The smallest absolute Gasteiger partial charge is 0.222 e. The summed E-state index contributed by atoms with van der Waals surface area (Å²) >= 11 is 0. The van der Waals surface area contributed by atoms with Crippen LogP contribution >= 0.6 is 0 Å². The van der Waals surface area contributed by atoms with E-state index in [0.29, 0.717) is 24.5 Å². The molecule has 1 aliphatic heterocycles. The molecule has 2 heterocycles. The van der Waals surface area contributed by atoms with Gasteiger partial charge < -0.3 is 10.6 Å². The van der Waals surface area contributed by atoms with Gasteiger partial charge in [-0.1, -0.05) is 0 Å². The van der Waals surface area contributed by atoms with E-state index in [9.17, 15) is 4.79 Å². The SMILES string of the molecule is O=C(CCn1cncn1)NC1CCNC2(CCC2)C1. The van der Waals surface area contributed by atoms with Gasteiger partial charge in [0.1, 0.15) is 12.7 Å². The first-order valence-corrected chi connectivity index (χ1v) is 7.13. The Morgan fingerprint density at radius 1 is 1.53 bits per heavy atom. The molecule has 3 rings (SSSR count). The summed E-state index contributed by atoms with van der Waals surface area (Å²) in [5, 5.41) is 10.8. The number of aromatic nitrogens is 3. The Bertz CT molecular complexity index is 426. The van der Waals surface area contributed by atoms with Crippen LogP contribution in [-0.4, -0.2) is 38.8 Å². The zero-order chi connectivity index (χ0) is 13.1. The molecule has 1 aromatic rings. The van der Waals surface area contributed by atoms with E-state index in [1.54, 1.807) is 11.0 Å². The van der Waals surface area contributed by atoms with Gasteiger partial charge in [0, 0.05) is 18.0 Å². The van der Waals surface area contributed by atoms with Crippen LogP contribution in [0.4, 0.5) is 0 Å². The number of hydrogen-bond acceptors (Lipinski definition) is 4. The molecule has 2 fully saturated rings. The molecule has 1 unspecified atom stereocenters. The number of nitrogens with one attached hydrogen (secondary N) is 2. The number of rotatable bonds is 4. The van der Waals surface area contributed by atoms with Crippen LogP contribution in [-0.2, 0) is 11.3 Å². The van der Waals surface area contributed by atoms with E-state index < -0.39 is 0 Å². The van der Waals surface area contributed by atoms with Crippen molar-refractivity contribution in [2.45, 2.75) is 56.7 Å². The fraction of sp³-hybridized carbons (Fsp3) is 0.769. The number of carbonyl (C=O) groups is 1. The van der Waals surface area contributed by atoms with Gasteiger partial charge in [-0.25, -0.2) is 4.98 Å². The Kier molecular flexibility index (Phi) is 3.50. The minimum absolute atomic E-state index is 0.122. The summed E-state index contributed by atoms with van der Waals surface area (Å²) in [6, 6.07) is 0.338. The number of carbonyl (C=O) groups excluding carboxylic acids is 1. The molecule has 0 radical (unpaired) electrons. The summed E-state index contributed by atoms with van der Waals surface area (Å²) in [4.78, 5) is 15.8. The van der Waals surface area contributed by atoms with Crippen molar-refractivity contribution in [1.82, 2.24) is 25.4 Å². The lowest BCUT2D eigenvalue weighted by molar-refractivity contribution is -0.122. The molecule has 0 aromatic carbocycles. The van der Waals surface area contributed by atoms with Crippen LogP contribution in [0.15, 0.2) is 12.7 Å².